The smallest absolute Gasteiger partial charge is 0.337 e. The topological polar surface area (TPSA) is 54.3 Å². The number of aromatic carboxylic acids is 1. The standard InChI is InChI=1S/C24H27ClN2O2/c1-15-9-10-16(2)20(11-15)14-27-17(3)21(23(18(27)4)24(28)29)13-26-12-19-7-5-6-8-22(19)25/h5-11,26H,12-14H2,1-4H3,(H,28,29). The molecule has 0 bridgehead atoms. The van der Waals surface area contributed by atoms with Crippen LogP contribution in [0.2, 0.25) is 5.02 Å². The molecule has 0 aliphatic rings. The van der Waals surface area contributed by atoms with E-state index in [0.717, 1.165) is 22.5 Å². The fourth-order valence-electron chi connectivity index (χ4n) is 3.79. The molecular formula is C24H27ClN2O2. The van der Waals surface area contributed by atoms with Crippen molar-refractivity contribution in [1.82, 2.24) is 9.88 Å². The van der Waals surface area contributed by atoms with Gasteiger partial charge in [0.05, 0.1) is 5.56 Å². The number of nitrogens with zero attached hydrogens (tertiary/aromatic N) is 1. The van der Waals surface area contributed by atoms with Crippen LogP contribution in [0.25, 0.3) is 0 Å². The number of aryl methyl sites for hydroxylation is 2. The summed E-state index contributed by atoms with van der Waals surface area (Å²) in [5.41, 5.74) is 7.59. The van der Waals surface area contributed by atoms with E-state index in [0.29, 0.717) is 30.2 Å². The van der Waals surface area contributed by atoms with Gasteiger partial charge in [0.2, 0.25) is 0 Å². The SMILES string of the molecule is Cc1ccc(C)c(Cn2c(C)c(CNCc3ccccc3Cl)c(C(=O)O)c2C)c1. The molecule has 0 amide bonds. The highest BCUT2D eigenvalue weighted by molar-refractivity contribution is 6.31. The number of hydrogen-bond donors (Lipinski definition) is 2. The van der Waals surface area contributed by atoms with Gasteiger partial charge in [-0.3, -0.25) is 0 Å². The van der Waals surface area contributed by atoms with Crippen molar-refractivity contribution in [3.8, 4) is 0 Å². The van der Waals surface area contributed by atoms with Crippen LogP contribution >= 0.6 is 11.6 Å². The maximum atomic E-state index is 12.0. The predicted octanol–water partition coefficient (Wildman–Crippen LogP) is 5.41. The Labute approximate surface area is 177 Å². The molecule has 0 aliphatic heterocycles. The average Bonchev–Trinajstić information content (AvgIpc) is 2.90. The van der Waals surface area contributed by atoms with Crippen molar-refractivity contribution < 1.29 is 9.90 Å². The summed E-state index contributed by atoms with van der Waals surface area (Å²) in [6.07, 6.45) is 0. The van der Waals surface area contributed by atoms with Crippen LogP contribution in [0.15, 0.2) is 42.5 Å². The number of carboxylic acids is 1. The van der Waals surface area contributed by atoms with Crippen LogP contribution in [0.4, 0.5) is 0 Å². The highest BCUT2D eigenvalue weighted by Crippen LogP contribution is 2.25. The Morgan fingerprint density at radius 2 is 1.72 bits per heavy atom. The normalized spacial score (nSPS) is 11.1. The molecule has 0 aliphatic carbocycles. The molecule has 1 heterocycles. The minimum absolute atomic E-state index is 0.388. The lowest BCUT2D eigenvalue weighted by atomic mass is 10.1. The summed E-state index contributed by atoms with van der Waals surface area (Å²) in [5.74, 6) is -0.889. The van der Waals surface area contributed by atoms with Crippen molar-refractivity contribution in [2.75, 3.05) is 0 Å². The van der Waals surface area contributed by atoms with Gasteiger partial charge in [0.25, 0.3) is 0 Å². The Hall–Kier alpha value is -2.56. The monoisotopic (exact) mass is 410 g/mol. The van der Waals surface area contributed by atoms with Gasteiger partial charge >= 0.3 is 5.97 Å². The third-order valence-electron chi connectivity index (χ3n) is 5.53. The fraction of sp³-hybridized carbons (Fsp3) is 0.292. The maximum Gasteiger partial charge on any atom is 0.337 e. The van der Waals surface area contributed by atoms with Gasteiger partial charge in [-0.25, -0.2) is 4.79 Å². The first-order valence-electron chi connectivity index (χ1n) is 9.71. The number of benzene rings is 2. The van der Waals surface area contributed by atoms with Crippen LogP contribution < -0.4 is 5.32 Å². The molecule has 3 aromatic rings. The maximum absolute atomic E-state index is 12.0. The van der Waals surface area contributed by atoms with Crippen molar-refractivity contribution in [3.63, 3.8) is 0 Å². The van der Waals surface area contributed by atoms with Crippen LogP contribution in [0.1, 0.15) is 49.6 Å². The van der Waals surface area contributed by atoms with E-state index in [-0.39, 0.29) is 0 Å². The molecule has 2 aromatic carbocycles. The predicted molar refractivity (Wildman–Crippen MR) is 118 cm³/mol. The number of carboxylic acid groups (broad SMARTS) is 1. The number of hydrogen-bond acceptors (Lipinski definition) is 2. The van der Waals surface area contributed by atoms with Gasteiger partial charge in [-0.15, -0.1) is 0 Å². The molecule has 5 heteroatoms. The number of rotatable bonds is 7. The molecule has 0 spiro atoms. The molecule has 0 saturated heterocycles. The van der Waals surface area contributed by atoms with Crippen molar-refractivity contribution in [3.05, 3.63) is 92.3 Å². The second-order valence-corrected chi connectivity index (χ2v) is 7.95. The lowest BCUT2D eigenvalue weighted by molar-refractivity contribution is 0.0694. The molecular weight excluding hydrogens is 384 g/mol. The van der Waals surface area contributed by atoms with E-state index >= 15 is 0 Å². The largest absolute Gasteiger partial charge is 0.478 e. The average molecular weight is 411 g/mol. The quantitative estimate of drug-likeness (QED) is 0.547. The molecule has 0 saturated carbocycles. The van der Waals surface area contributed by atoms with Gasteiger partial charge in [0.15, 0.2) is 0 Å². The van der Waals surface area contributed by atoms with Crippen molar-refractivity contribution in [1.29, 1.82) is 0 Å². The molecule has 29 heavy (non-hydrogen) atoms. The summed E-state index contributed by atoms with van der Waals surface area (Å²) in [5, 5.41) is 13.9. The highest BCUT2D eigenvalue weighted by atomic mass is 35.5. The summed E-state index contributed by atoms with van der Waals surface area (Å²) in [7, 11) is 0. The van der Waals surface area contributed by atoms with E-state index < -0.39 is 5.97 Å². The molecule has 4 nitrogen and oxygen atoms in total. The van der Waals surface area contributed by atoms with E-state index in [9.17, 15) is 9.90 Å². The summed E-state index contributed by atoms with van der Waals surface area (Å²) >= 11 is 6.23. The van der Waals surface area contributed by atoms with Crippen LogP contribution in [-0.2, 0) is 19.6 Å². The lowest BCUT2D eigenvalue weighted by Crippen LogP contribution is -2.15. The van der Waals surface area contributed by atoms with E-state index in [1.807, 2.05) is 38.1 Å². The zero-order chi connectivity index (χ0) is 21.1. The van der Waals surface area contributed by atoms with Gasteiger partial charge in [-0.1, -0.05) is 53.6 Å². The second kappa shape index (κ2) is 8.85. The van der Waals surface area contributed by atoms with Crippen LogP contribution in [0.5, 0.6) is 0 Å². The fourth-order valence-corrected chi connectivity index (χ4v) is 3.99. The zero-order valence-electron chi connectivity index (χ0n) is 17.3. The molecule has 2 N–H and O–H groups in total. The number of carbonyl (C=O) groups is 1. The highest BCUT2D eigenvalue weighted by Gasteiger charge is 2.22. The van der Waals surface area contributed by atoms with E-state index in [2.05, 4.69) is 41.9 Å². The van der Waals surface area contributed by atoms with E-state index in [4.69, 9.17) is 11.6 Å². The molecule has 3 rings (SSSR count). The van der Waals surface area contributed by atoms with E-state index in [1.54, 1.807) is 0 Å². The molecule has 0 atom stereocenters. The van der Waals surface area contributed by atoms with Crippen molar-refractivity contribution >= 4 is 17.6 Å². The Balaban J connectivity index is 1.89. The van der Waals surface area contributed by atoms with Crippen molar-refractivity contribution in [2.45, 2.75) is 47.3 Å². The lowest BCUT2D eigenvalue weighted by Gasteiger charge is -2.13. The third-order valence-corrected chi connectivity index (χ3v) is 5.90. The zero-order valence-corrected chi connectivity index (χ0v) is 18.1. The molecule has 0 radical (unpaired) electrons. The first kappa shape index (κ1) is 21.2. The minimum atomic E-state index is -0.889. The summed E-state index contributed by atoms with van der Waals surface area (Å²) in [6, 6.07) is 14.1. The molecule has 0 unspecified atom stereocenters. The van der Waals surface area contributed by atoms with Crippen LogP contribution in [0.3, 0.4) is 0 Å². The van der Waals surface area contributed by atoms with Gasteiger partial charge < -0.3 is 15.0 Å². The van der Waals surface area contributed by atoms with Gasteiger partial charge in [-0.05, 0) is 50.5 Å². The van der Waals surface area contributed by atoms with E-state index in [1.165, 1.54) is 16.7 Å². The van der Waals surface area contributed by atoms with Crippen LogP contribution in [-0.4, -0.2) is 15.6 Å². The first-order chi connectivity index (χ1) is 13.8. The van der Waals surface area contributed by atoms with Gasteiger partial charge in [-0.2, -0.15) is 0 Å². The summed E-state index contributed by atoms with van der Waals surface area (Å²) < 4.78 is 2.11. The molecule has 1 aromatic heterocycles. The first-order valence-corrected chi connectivity index (χ1v) is 10.1. The Morgan fingerprint density at radius 3 is 2.41 bits per heavy atom. The Morgan fingerprint density at radius 1 is 1.00 bits per heavy atom. The Kier molecular flexibility index (Phi) is 6.46. The van der Waals surface area contributed by atoms with Crippen LogP contribution in [0, 0.1) is 27.7 Å². The third kappa shape index (κ3) is 4.55. The summed E-state index contributed by atoms with van der Waals surface area (Å²) in [4.78, 5) is 12.0. The number of halogens is 1. The van der Waals surface area contributed by atoms with Crippen molar-refractivity contribution in [2.24, 2.45) is 0 Å². The number of nitrogens with one attached hydrogen (secondary N) is 1. The molecule has 0 fully saturated rings. The molecule has 152 valence electrons. The van der Waals surface area contributed by atoms with Gasteiger partial charge in [0.1, 0.15) is 0 Å². The minimum Gasteiger partial charge on any atom is -0.478 e. The summed E-state index contributed by atoms with van der Waals surface area (Å²) in [6.45, 7) is 9.77. The number of aromatic nitrogens is 1. The Bertz CT molecular complexity index is 1050. The second-order valence-electron chi connectivity index (χ2n) is 7.54. The van der Waals surface area contributed by atoms with Gasteiger partial charge in [0, 0.05) is 41.6 Å².